The van der Waals surface area contributed by atoms with Crippen molar-refractivity contribution < 1.29 is 4.79 Å². The van der Waals surface area contributed by atoms with Gasteiger partial charge < -0.3 is 5.32 Å². The second-order valence-electron chi connectivity index (χ2n) is 7.87. The Morgan fingerprint density at radius 2 is 1.92 bits per heavy atom. The van der Waals surface area contributed by atoms with Crippen LogP contribution in [-0.2, 0) is 10.5 Å². The Balaban J connectivity index is 1.14. The molecule has 4 saturated carbocycles. The first-order valence-electron chi connectivity index (χ1n) is 9.21. The molecule has 4 aliphatic carbocycles. The van der Waals surface area contributed by atoms with E-state index in [1.165, 1.54) is 43.4 Å². The van der Waals surface area contributed by atoms with Crippen LogP contribution in [0.3, 0.4) is 0 Å². The maximum absolute atomic E-state index is 12.2. The molecule has 132 valence electrons. The Bertz CT molecular complexity index is 522. The van der Waals surface area contributed by atoms with Crippen molar-refractivity contribution in [1.29, 1.82) is 0 Å². The van der Waals surface area contributed by atoms with E-state index in [2.05, 4.69) is 22.8 Å². The van der Waals surface area contributed by atoms with Gasteiger partial charge in [0.1, 0.15) is 0 Å². The zero-order valence-corrected chi connectivity index (χ0v) is 16.6. The van der Waals surface area contributed by atoms with Gasteiger partial charge in [0.2, 0.25) is 5.91 Å². The lowest BCUT2D eigenvalue weighted by atomic mass is 9.56. The van der Waals surface area contributed by atoms with Crippen molar-refractivity contribution in [2.75, 3.05) is 18.1 Å². The highest BCUT2D eigenvalue weighted by molar-refractivity contribution is 8.01. The summed E-state index contributed by atoms with van der Waals surface area (Å²) in [6.45, 7) is 0.802. The Kier molecular flexibility index (Phi) is 5.50. The predicted molar refractivity (Wildman–Crippen MR) is 107 cm³/mol. The summed E-state index contributed by atoms with van der Waals surface area (Å²) in [5.74, 6) is 5.90. The fourth-order valence-electron chi connectivity index (χ4n) is 5.31. The van der Waals surface area contributed by atoms with Gasteiger partial charge in [-0.15, -0.1) is 23.1 Å². The lowest BCUT2D eigenvalue weighted by molar-refractivity contribution is -0.118. The van der Waals surface area contributed by atoms with Crippen molar-refractivity contribution in [3.05, 3.63) is 22.4 Å². The highest BCUT2D eigenvalue weighted by Gasteiger charge is 2.51. The van der Waals surface area contributed by atoms with Crippen molar-refractivity contribution in [1.82, 2.24) is 5.32 Å². The number of carbonyl (C=O) groups excluding carboxylic acids is 1. The summed E-state index contributed by atoms with van der Waals surface area (Å²) in [6, 6.07) is 4.28. The van der Waals surface area contributed by atoms with Crippen LogP contribution in [0.2, 0.25) is 0 Å². The molecule has 24 heavy (non-hydrogen) atoms. The van der Waals surface area contributed by atoms with Crippen LogP contribution in [0.25, 0.3) is 0 Å². The molecule has 1 N–H and O–H groups in total. The van der Waals surface area contributed by atoms with Crippen molar-refractivity contribution >= 4 is 40.8 Å². The van der Waals surface area contributed by atoms with E-state index in [-0.39, 0.29) is 5.91 Å². The summed E-state index contributed by atoms with van der Waals surface area (Å²) >= 11 is 5.71. The lowest BCUT2D eigenvalue weighted by Gasteiger charge is -2.56. The van der Waals surface area contributed by atoms with E-state index in [4.69, 9.17) is 0 Å². The van der Waals surface area contributed by atoms with Crippen LogP contribution in [0.15, 0.2) is 17.5 Å². The van der Waals surface area contributed by atoms with E-state index in [0.29, 0.717) is 10.5 Å². The van der Waals surface area contributed by atoms with Crippen LogP contribution < -0.4 is 5.32 Å². The molecule has 0 aromatic carbocycles. The predicted octanol–water partition coefficient (Wildman–Crippen LogP) is 4.80. The molecule has 0 aliphatic heterocycles. The zero-order valence-electron chi connectivity index (χ0n) is 14.2. The smallest absolute Gasteiger partial charge is 0.230 e. The third kappa shape index (κ3) is 4.16. The first-order valence-corrected chi connectivity index (χ1v) is 12.2. The molecular weight excluding hydrogens is 354 g/mol. The van der Waals surface area contributed by atoms with Crippen LogP contribution in [-0.4, -0.2) is 28.7 Å². The number of nitrogens with one attached hydrogen (secondary N) is 1. The third-order valence-corrected chi connectivity index (χ3v) is 9.47. The molecule has 2 nitrogen and oxygen atoms in total. The number of hydrogen-bond donors (Lipinski definition) is 1. The van der Waals surface area contributed by atoms with Gasteiger partial charge >= 0.3 is 0 Å². The van der Waals surface area contributed by atoms with Gasteiger partial charge in [0.05, 0.1) is 5.75 Å². The van der Waals surface area contributed by atoms with Gasteiger partial charge in [-0.3, -0.25) is 4.79 Å². The van der Waals surface area contributed by atoms with Crippen molar-refractivity contribution in [3.8, 4) is 0 Å². The molecule has 4 bridgehead atoms. The average molecular weight is 382 g/mol. The maximum atomic E-state index is 12.2. The number of rotatable bonds is 8. The number of thioether (sulfide) groups is 2. The molecule has 0 spiro atoms. The van der Waals surface area contributed by atoms with Crippen LogP contribution in [0.5, 0.6) is 0 Å². The van der Waals surface area contributed by atoms with Crippen molar-refractivity contribution in [2.45, 2.75) is 49.0 Å². The minimum Gasteiger partial charge on any atom is -0.355 e. The molecule has 0 radical (unpaired) electrons. The Labute approximate surface area is 157 Å². The van der Waals surface area contributed by atoms with Gasteiger partial charge in [0.15, 0.2) is 0 Å². The normalized spacial score (nSPS) is 33.8. The van der Waals surface area contributed by atoms with Gasteiger partial charge in [-0.05, 0) is 67.7 Å². The van der Waals surface area contributed by atoms with E-state index < -0.39 is 0 Å². The molecular formula is C19H27NOS3. The topological polar surface area (TPSA) is 29.1 Å². The third-order valence-electron chi connectivity index (χ3n) is 5.88. The number of thiophene rings is 1. The molecule has 0 unspecified atom stereocenters. The average Bonchev–Trinajstić information content (AvgIpc) is 3.05. The number of hydrogen-bond acceptors (Lipinski definition) is 4. The molecule has 5 heteroatoms. The Morgan fingerprint density at radius 3 is 2.54 bits per heavy atom. The molecule has 1 aromatic heterocycles. The van der Waals surface area contributed by atoms with E-state index in [1.54, 1.807) is 0 Å². The van der Waals surface area contributed by atoms with E-state index in [0.717, 1.165) is 35.8 Å². The minimum atomic E-state index is 0.243. The molecule has 1 heterocycles. The molecule has 0 saturated heterocycles. The zero-order chi connectivity index (χ0) is 16.4. The van der Waals surface area contributed by atoms with Crippen LogP contribution >= 0.6 is 34.9 Å². The Morgan fingerprint density at radius 1 is 1.21 bits per heavy atom. The van der Waals surface area contributed by atoms with Crippen LogP contribution in [0.1, 0.15) is 43.4 Å². The molecule has 4 fully saturated rings. The lowest BCUT2D eigenvalue weighted by Crippen LogP contribution is -2.49. The fourth-order valence-corrected chi connectivity index (χ4v) is 8.61. The second-order valence-corrected chi connectivity index (χ2v) is 11.5. The number of carbonyl (C=O) groups is 1. The summed E-state index contributed by atoms with van der Waals surface area (Å²) in [4.78, 5) is 13.6. The summed E-state index contributed by atoms with van der Waals surface area (Å²) in [6.07, 6.45) is 8.59. The van der Waals surface area contributed by atoms with Gasteiger partial charge in [0, 0.05) is 27.7 Å². The largest absolute Gasteiger partial charge is 0.355 e. The molecule has 0 atom stereocenters. The highest BCUT2D eigenvalue weighted by Crippen LogP contribution is 2.60. The monoisotopic (exact) mass is 381 g/mol. The van der Waals surface area contributed by atoms with E-state index >= 15 is 0 Å². The second kappa shape index (κ2) is 7.63. The standard InChI is InChI=1S/C19H27NOS3/c21-18(20-3-5-22-12-17-2-1-4-23-17)13-24-19-9-14-6-15(10-19)8-16(7-14)11-19/h1-2,4,14-16H,3,5-13H2,(H,20,21). The molecule has 1 amide bonds. The quantitative estimate of drug-likeness (QED) is 0.656. The molecule has 1 aromatic rings. The maximum Gasteiger partial charge on any atom is 0.230 e. The molecule has 5 rings (SSSR count). The summed E-state index contributed by atoms with van der Waals surface area (Å²) in [7, 11) is 0. The van der Waals surface area contributed by atoms with Gasteiger partial charge in [0.25, 0.3) is 0 Å². The van der Waals surface area contributed by atoms with Gasteiger partial charge in [-0.2, -0.15) is 11.8 Å². The number of amides is 1. The SMILES string of the molecule is O=C(CSC12CC3CC(CC(C3)C1)C2)NCCSCc1cccs1. The molecule has 4 aliphatic rings. The summed E-state index contributed by atoms with van der Waals surface area (Å²) < 4.78 is 0.458. The first kappa shape index (κ1) is 17.3. The van der Waals surface area contributed by atoms with Crippen molar-refractivity contribution in [2.24, 2.45) is 17.8 Å². The highest BCUT2D eigenvalue weighted by atomic mass is 32.2. The minimum absolute atomic E-state index is 0.243. The van der Waals surface area contributed by atoms with Crippen LogP contribution in [0.4, 0.5) is 0 Å². The van der Waals surface area contributed by atoms with Gasteiger partial charge in [-0.1, -0.05) is 6.07 Å². The first-order chi connectivity index (χ1) is 11.7. The van der Waals surface area contributed by atoms with Crippen molar-refractivity contribution in [3.63, 3.8) is 0 Å². The fraction of sp³-hybridized carbons (Fsp3) is 0.737. The van der Waals surface area contributed by atoms with E-state index in [1.807, 2.05) is 34.9 Å². The van der Waals surface area contributed by atoms with Crippen LogP contribution in [0, 0.1) is 17.8 Å². The van der Waals surface area contributed by atoms with E-state index in [9.17, 15) is 4.79 Å². The van der Waals surface area contributed by atoms with Gasteiger partial charge in [-0.25, -0.2) is 0 Å². The summed E-state index contributed by atoms with van der Waals surface area (Å²) in [5.41, 5.74) is 0. The summed E-state index contributed by atoms with van der Waals surface area (Å²) in [5, 5.41) is 5.24. The Hall–Kier alpha value is -0.130.